The second-order valence-electron chi connectivity index (χ2n) is 4.82. The molecule has 0 aliphatic heterocycles. The first kappa shape index (κ1) is 16.7. The van der Waals surface area contributed by atoms with Crippen molar-refractivity contribution in [2.24, 2.45) is 0 Å². The fourth-order valence-electron chi connectivity index (χ4n) is 1.85. The molecule has 0 radical (unpaired) electrons. The summed E-state index contributed by atoms with van der Waals surface area (Å²) in [6, 6.07) is 8.58. The maximum absolute atomic E-state index is 12.0. The summed E-state index contributed by atoms with van der Waals surface area (Å²) in [4.78, 5) is 23.2. The Morgan fingerprint density at radius 2 is 2.00 bits per heavy atom. The van der Waals surface area contributed by atoms with E-state index in [0.29, 0.717) is 12.1 Å². The molecule has 1 heterocycles. The zero-order chi connectivity index (χ0) is 16.8. The number of nitrogens with one attached hydrogen (secondary N) is 3. The first-order valence-electron chi connectivity index (χ1n) is 7.06. The van der Waals surface area contributed by atoms with E-state index in [1.54, 1.807) is 31.2 Å². The van der Waals surface area contributed by atoms with Crippen LogP contribution >= 0.6 is 12.2 Å². The number of anilines is 2. The van der Waals surface area contributed by atoms with E-state index in [-0.39, 0.29) is 22.7 Å². The molecule has 0 unspecified atom stereocenters. The van der Waals surface area contributed by atoms with Gasteiger partial charge in [-0.05, 0) is 55.0 Å². The lowest BCUT2D eigenvalue weighted by Gasteiger charge is -2.12. The highest BCUT2D eigenvalue weighted by Gasteiger charge is 2.10. The first-order chi connectivity index (χ1) is 11.0. The van der Waals surface area contributed by atoms with Gasteiger partial charge in [-0.2, -0.15) is 0 Å². The van der Waals surface area contributed by atoms with Gasteiger partial charge in [0.15, 0.2) is 10.9 Å². The molecule has 0 aliphatic carbocycles. The normalized spacial score (nSPS) is 10.0. The molecule has 0 spiro atoms. The molecule has 2 rings (SSSR count). The van der Waals surface area contributed by atoms with Crippen LogP contribution in [-0.4, -0.2) is 16.9 Å². The highest BCUT2D eigenvalue weighted by molar-refractivity contribution is 7.80. The van der Waals surface area contributed by atoms with E-state index >= 15 is 0 Å². The van der Waals surface area contributed by atoms with E-state index in [1.807, 2.05) is 13.0 Å². The summed E-state index contributed by atoms with van der Waals surface area (Å²) in [6.45, 7) is 3.61. The van der Waals surface area contributed by atoms with Crippen LogP contribution in [0.25, 0.3) is 0 Å². The molecule has 0 bridgehead atoms. The highest BCUT2D eigenvalue weighted by Crippen LogP contribution is 2.20. The molecule has 0 fully saturated rings. The standard InChI is InChI=1S/C16H17N3O3S/c1-3-14(20)19-16(23)17-11-6-7-12(10(2)9-11)18-15(21)13-5-4-8-22-13/h4-9H,3H2,1-2H3,(H,18,21)(H2,17,19,20,23). The van der Waals surface area contributed by atoms with Gasteiger partial charge in [0.2, 0.25) is 5.91 Å². The van der Waals surface area contributed by atoms with Gasteiger partial charge < -0.3 is 20.4 Å². The zero-order valence-corrected chi connectivity index (χ0v) is 13.6. The molecule has 7 heteroatoms. The minimum atomic E-state index is -0.315. The molecule has 2 aromatic rings. The Hall–Kier alpha value is -2.67. The van der Waals surface area contributed by atoms with E-state index in [9.17, 15) is 9.59 Å². The van der Waals surface area contributed by atoms with Crippen LogP contribution in [0.3, 0.4) is 0 Å². The summed E-state index contributed by atoms with van der Waals surface area (Å²) in [6.07, 6.45) is 1.80. The molecule has 120 valence electrons. The van der Waals surface area contributed by atoms with Gasteiger partial charge >= 0.3 is 0 Å². The monoisotopic (exact) mass is 331 g/mol. The number of rotatable bonds is 4. The van der Waals surface area contributed by atoms with Crippen LogP contribution in [0.1, 0.15) is 29.5 Å². The Bertz CT molecular complexity index is 726. The Balaban J connectivity index is 2.01. The third kappa shape index (κ3) is 4.65. The van der Waals surface area contributed by atoms with E-state index in [4.69, 9.17) is 16.6 Å². The molecule has 2 amide bonds. The lowest BCUT2D eigenvalue weighted by molar-refractivity contribution is -0.119. The average molecular weight is 331 g/mol. The largest absolute Gasteiger partial charge is 0.459 e. The lowest BCUT2D eigenvalue weighted by atomic mass is 10.1. The van der Waals surface area contributed by atoms with Crippen molar-refractivity contribution < 1.29 is 14.0 Å². The van der Waals surface area contributed by atoms with E-state index in [1.165, 1.54) is 6.26 Å². The SMILES string of the molecule is CCC(=O)NC(=S)Nc1ccc(NC(=O)c2ccco2)c(C)c1. The van der Waals surface area contributed by atoms with Crippen molar-refractivity contribution in [3.05, 3.63) is 47.9 Å². The Labute approximate surface area is 139 Å². The minimum Gasteiger partial charge on any atom is -0.459 e. The van der Waals surface area contributed by atoms with Crippen LogP contribution in [0, 0.1) is 6.92 Å². The molecule has 3 N–H and O–H groups in total. The second-order valence-corrected chi connectivity index (χ2v) is 5.23. The molecule has 23 heavy (non-hydrogen) atoms. The molecule has 6 nitrogen and oxygen atoms in total. The molecule has 0 saturated carbocycles. The molecular formula is C16H17N3O3S. The predicted octanol–water partition coefficient (Wildman–Crippen LogP) is 3.06. The number of thiocarbonyl (C=S) groups is 1. The second kappa shape index (κ2) is 7.55. The molecule has 1 aromatic carbocycles. The third-order valence-electron chi connectivity index (χ3n) is 3.05. The average Bonchev–Trinajstić information content (AvgIpc) is 3.04. The maximum atomic E-state index is 12.0. The summed E-state index contributed by atoms with van der Waals surface area (Å²) < 4.78 is 5.05. The molecule has 0 aliphatic rings. The van der Waals surface area contributed by atoms with Crippen molar-refractivity contribution in [2.75, 3.05) is 10.6 Å². The first-order valence-corrected chi connectivity index (χ1v) is 7.46. The van der Waals surface area contributed by atoms with Crippen LogP contribution in [0.15, 0.2) is 41.0 Å². The van der Waals surface area contributed by atoms with Crippen molar-refractivity contribution in [3.63, 3.8) is 0 Å². The quantitative estimate of drug-likeness (QED) is 0.750. The lowest BCUT2D eigenvalue weighted by Crippen LogP contribution is -2.33. The summed E-state index contributed by atoms with van der Waals surface area (Å²) in [5.74, 6) is -0.221. The van der Waals surface area contributed by atoms with Crippen molar-refractivity contribution in [1.29, 1.82) is 0 Å². The number of hydrogen-bond acceptors (Lipinski definition) is 4. The van der Waals surface area contributed by atoms with Crippen molar-refractivity contribution >= 4 is 40.5 Å². The number of furan rings is 1. The van der Waals surface area contributed by atoms with Crippen molar-refractivity contribution in [3.8, 4) is 0 Å². The number of benzene rings is 1. The van der Waals surface area contributed by atoms with Gasteiger partial charge in [-0.3, -0.25) is 9.59 Å². The third-order valence-corrected chi connectivity index (χ3v) is 3.26. The van der Waals surface area contributed by atoms with Gasteiger partial charge in [-0.1, -0.05) is 6.92 Å². The number of hydrogen-bond donors (Lipinski definition) is 3. The van der Waals surface area contributed by atoms with E-state index < -0.39 is 0 Å². The predicted molar refractivity (Wildman–Crippen MR) is 92.5 cm³/mol. The van der Waals surface area contributed by atoms with Crippen LogP contribution in [0.5, 0.6) is 0 Å². The zero-order valence-electron chi connectivity index (χ0n) is 12.8. The highest BCUT2D eigenvalue weighted by atomic mass is 32.1. The Kier molecular flexibility index (Phi) is 5.48. The Morgan fingerprint density at radius 3 is 2.61 bits per heavy atom. The van der Waals surface area contributed by atoms with Gasteiger partial charge in [0.25, 0.3) is 5.91 Å². The van der Waals surface area contributed by atoms with Crippen LogP contribution in [0.2, 0.25) is 0 Å². The number of carbonyl (C=O) groups excluding carboxylic acids is 2. The number of amides is 2. The summed E-state index contributed by atoms with van der Waals surface area (Å²) in [7, 11) is 0. The van der Waals surface area contributed by atoms with Gasteiger partial charge in [0.05, 0.1) is 6.26 Å². The summed E-state index contributed by atoms with van der Waals surface area (Å²) in [5.41, 5.74) is 2.24. The maximum Gasteiger partial charge on any atom is 0.291 e. The molecular weight excluding hydrogens is 314 g/mol. The van der Waals surface area contributed by atoms with E-state index in [2.05, 4.69) is 16.0 Å². The van der Waals surface area contributed by atoms with Crippen LogP contribution < -0.4 is 16.0 Å². The van der Waals surface area contributed by atoms with Gasteiger partial charge in [0, 0.05) is 17.8 Å². The molecule has 1 aromatic heterocycles. The van der Waals surface area contributed by atoms with Gasteiger partial charge in [-0.25, -0.2) is 0 Å². The van der Waals surface area contributed by atoms with Crippen molar-refractivity contribution in [1.82, 2.24) is 5.32 Å². The number of aryl methyl sites for hydroxylation is 1. The number of carbonyl (C=O) groups is 2. The van der Waals surface area contributed by atoms with Gasteiger partial charge in [0.1, 0.15) is 0 Å². The topological polar surface area (TPSA) is 83.4 Å². The molecule has 0 saturated heterocycles. The summed E-state index contributed by atoms with van der Waals surface area (Å²) in [5, 5.41) is 8.50. The van der Waals surface area contributed by atoms with E-state index in [0.717, 1.165) is 11.3 Å². The minimum absolute atomic E-state index is 0.151. The smallest absolute Gasteiger partial charge is 0.291 e. The Morgan fingerprint density at radius 1 is 1.22 bits per heavy atom. The van der Waals surface area contributed by atoms with Crippen LogP contribution in [-0.2, 0) is 4.79 Å². The van der Waals surface area contributed by atoms with Crippen LogP contribution in [0.4, 0.5) is 11.4 Å². The van der Waals surface area contributed by atoms with Crippen molar-refractivity contribution in [2.45, 2.75) is 20.3 Å². The molecule has 0 atom stereocenters. The summed E-state index contributed by atoms with van der Waals surface area (Å²) >= 11 is 5.05. The van der Waals surface area contributed by atoms with Gasteiger partial charge in [-0.15, -0.1) is 0 Å². The fourth-order valence-corrected chi connectivity index (χ4v) is 2.08. The fraction of sp³-hybridized carbons (Fsp3) is 0.188.